The van der Waals surface area contributed by atoms with Crippen LogP contribution in [0.5, 0.6) is 0 Å². The van der Waals surface area contributed by atoms with Crippen LogP contribution in [0.15, 0.2) is 0 Å². The summed E-state index contributed by atoms with van der Waals surface area (Å²) in [4.78, 5) is 0. The van der Waals surface area contributed by atoms with Gasteiger partial charge in [-0.15, -0.1) is 23.2 Å². The van der Waals surface area contributed by atoms with Gasteiger partial charge in [-0.2, -0.15) is 0 Å². The van der Waals surface area contributed by atoms with Gasteiger partial charge in [0.1, 0.15) is 5.49 Å². The molecule has 0 aromatic heterocycles. The third kappa shape index (κ3) is 22.6. The van der Waals surface area contributed by atoms with Crippen molar-refractivity contribution in [3.05, 3.63) is 0 Å². The van der Waals surface area contributed by atoms with E-state index in [0.717, 1.165) is 0 Å². The highest BCUT2D eigenvalue weighted by Gasteiger charge is 2.22. The Morgan fingerprint density at radius 3 is 1.42 bits per heavy atom. The van der Waals surface area contributed by atoms with Gasteiger partial charge in [-0.3, -0.25) is 4.57 Å². The van der Waals surface area contributed by atoms with Crippen molar-refractivity contribution in [2.75, 3.05) is 10.8 Å². The molecule has 0 amide bonds. The monoisotopic (exact) mass is 314 g/mol. The highest BCUT2D eigenvalue weighted by atomic mass is 35.9. The van der Waals surface area contributed by atoms with E-state index in [9.17, 15) is 13.0 Å². The van der Waals surface area contributed by atoms with Crippen molar-refractivity contribution < 1.29 is 13.0 Å². The summed E-state index contributed by atoms with van der Waals surface area (Å²) in [5.41, 5.74) is -0.884. The second-order valence-corrected chi connectivity index (χ2v) is 10.6. The summed E-state index contributed by atoms with van der Waals surface area (Å²) in [5.74, 6) is -3.56. The number of halogens is 5. The molecule has 0 saturated carbocycles. The SMILES string of the molecule is ClCCl.O=P(Cl)(Cl)CS(=O)(=O)Cl. The van der Waals surface area contributed by atoms with Crippen molar-refractivity contribution in [3.8, 4) is 0 Å². The smallest absolute Gasteiger partial charge is 0.269 e. The first-order valence-electron chi connectivity index (χ1n) is 2.15. The van der Waals surface area contributed by atoms with E-state index in [1.54, 1.807) is 0 Å². The molecule has 0 aromatic carbocycles. The molecule has 0 aliphatic heterocycles. The summed E-state index contributed by atoms with van der Waals surface area (Å²) in [7, 11) is 0.812. The molecule has 0 heterocycles. The molecule has 0 unspecified atom stereocenters. The van der Waals surface area contributed by atoms with E-state index in [2.05, 4.69) is 10.7 Å². The van der Waals surface area contributed by atoms with Crippen molar-refractivity contribution in [3.63, 3.8) is 0 Å². The van der Waals surface area contributed by atoms with Crippen LogP contribution in [-0.4, -0.2) is 19.3 Å². The van der Waals surface area contributed by atoms with Crippen molar-refractivity contribution in [1.29, 1.82) is 0 Å². The van der Waals surface area contributed by atoms with Gasteiger partial charge in [0.05, 0.1) is 5.34 Å². The van der Waals surface area contributed by atoms with Crippen LogP contribution in [0.1, 0.15) is 0 Å². The Bertz CT molecular complexity index is 243. The predicted octanol–water partition coefficient (Wildman–Crippen LogP) is 3.60. The molecule has 10 heteroatoms. The molecule has 0 rings (SSSR count). The first kappa shape index (κ1) is 16.1. The van der Waals surface area contributed by atoms with E-state index in [1.165, 1.54) is 0 Å². The van der Waals surface area contributed by atoms with E-state index in [-0.39, 0.29) is 5.34 Å². The topological polar surface area (TPSA) is 51.2 Å². The molecule has 0 bridgehead atoms. The van der Waals surface area contributed by atoms with Crippen molar-refractivity contribution in [2.24, 2.45) is 0 Å². The van der Waals surface area contributed by atoms with Gasteiger partial charge in [0.2, 0.25) is 9.05 Å². The maximum atomic E-state index is 10.3. The van der Waals surface area contributed by atoms with Crippen molar-refractivity contribution >= 4 is 71.3 Å². The lowest BCUT2D eigenvalue weighted by molar-refractivity contribution is 0.592. The van der Waals surface area contributed by atoms with Crippen LogP contribution in [0.25, 0.3) is 0 Å². The fourth-order valence-corrected chi connectivity index (χ4v) is 6.06. The molecule has 0 aromatic rings. The second kappa shape index (κ2) is 6.99. The van der Waals surface area contributed by atoms with Gasteiger partial charge in [0.15, 0.2) is 0 Å². The fraction of sp³-hybridized carbons (Fsp3) is 1.00. The maximum absolute atomic E-state index is 10.3. The van der Waals surface area contributed by atoms with Gasteiger partial charge in [-0.1, -0.05) is 0 Å². The Kier molecular flexibility index (Phi) is 9.37. The summed E-state index contributed by atoms with van der Waals surface area (Å²) in [6.45, 7) is 0. The highest BCUT2D eigenvalue weighted by molar-refractivity contribution is 8.24. The van der Waals surface area contributed by atoms with Gasteiger partial charge in [0, 0.05) is 10.7 Å². The predicted molar refractivity (Wildman–Crippen MR) is 55.5 cm³/mol. The first-order chi connectivity index (χ1) is 5.12. The van der Waals surface area contributed by atoms with Crippen LogP contribution < -0.4 is 0 Å². The molecule has 0 aliphatic carbocycles. The Labute approximate surface area is 94.6 Å². The van der Waals surface area contributed by atoms with E-state index >= 15 is 0 Å². The molecule has 0 saturated heterocycles. The third-order valence-corrected chi connectivity index (χ3v) is 5.38. The second-order valence-electron chi connectivity index (χ2n) is 1.34. The molecule has 12 heavy (non-hydrogen) atoms. The average molecular weight is 316 g/mol. The zero-order chi connectivity index (χ0) is 10.4. The number of rotatable bonds is 2. The fourth-order valence-electron chi connectivity index (χ4n) is 0.180. The van der Waals surface area contributed by atoms with Crippen molar-refractivity contribution in [1.82, 2.24) is 0 Å². The summed E-state index contributed by atoms with van der Waals surface area (Å²) in [6, 6.07) is 0. The lowest BCUT2D eigenvalue weighted by Crippen LogP contribution is -1.91. The van der Waals surface area contributed by atoms with Crippen molar-refractivity contribution in [2.45, 2.75) is 0 Å². The summed E-state index contributed by atoms with van der Waals surface area (Å²) in [6.07, 6.45) is 0. The lowest BCUT2D eigenvalue weighted by Gasteiger charge is -1.94. The van der Waals surface area contributed by atoms with Gasteiger partial charge in [-0.05, 0) is 22.5 Å². The van der Waals surface area contributed by atoms with Crippen LogP contribution in [0.2, 0.25) is 0 Å². The van der Waals surface area contributed by atoms with Crippen LogP contribution >= 0.6 is 62.2 Å². The Morgan fingerprint density at radius 2 is 1.42 bits per heavy atom. The Hall–Kier alpha value is 1.63. The van der Waals surface area contributed by atoms with E-state index in [4.69, 9.17) is 45.7 Å². The van der Waals surface area contributed by atoms with Gasteiger partial charge in [-0.25, -0.2) is 8.42 Å². The van der Waals surface area contributed by atoms with E-state index in [1.807, 2.05) is 0 Å². The molecule has 0 atom stereocenters. The summed E-state index contributed by atoms with van der Waals surface area (Å²) in [5, 5.41) is 0.194. The number of alkyl halides is 2. The lowest BCUT2D eigenvalue weighted by atomic mass is 11.9. The molecule has 0 N–H and O–H groups in total. The third-order valence-electron chi connectivity index (χ3n) is 0.304. The summed E-state index contributed by atoms with van der Waals surface area (Å²) < 4.78 is 30.4. The quantitative estimate of drug-likeness (QED) is 0.444. The maximum Gasteiger partial charge on any atom is 0.269 e. The normalized spacial score (nSPS) is 11.8. The molecular formula is C2H4Cl5O3PS. The number of hydrogen-bond donors (Lipinski definition) is 0. The molecule has 0 aliphatic rings. The minimum atomic E-state index is -3.84. The van der Waals surface area contributed by atoms with Gasteiger partial charge < -0.3 is 0 Å². The van der Waals surface area contributed by atoms with Gasteiger partial charge in [0.25, 0.3) is 5.85 Å². The molecule has 76 valence electrons. The Morgan fingerprint density at radius 1 is 1.17 bits per heavy atom. The minimum absolute atomic E-state index is 0.194. The first-order valence-corrected chi connectivity index (χ1v) is 9.40. The largest absolute Gasteiger partial charge is 0.288 e. The molecule has 0 spiro atoms. The van der Waals surface area contributed by atoms with E-state index < -0.39 is 20.4 Å². The molecule has 3 nitrogen and oxygen atoms in total. The van der Waals surface area contributed by atoms with Crippen LogP contribution in [-0.2, 0) is 13.6 Å². The highest BCUT2D eigenvalue weighted by Crippen LogP contribution is 2.57. The van der Waals surface area contributed by atoms with Crippen LogP contribution in [0.3, 0.4) is 0 Å². The molecular weight excluding hydrogens is 312 g/mol. The van der Waals surface area contributed by atoms with Crippen LogP contribution in [0, 0.1) is 0 Å². The van der Waals surface area contributed by atoms with Gasteiger partial charge >= 0.3 is 0 Å². The zero-order valence-electron chi connectivity index (χ0n) is 5.38. The molecule has 0 fully saturated rings. The molecule has 0 radical (unpaired) electrons. The average Bonchev–Trinajstić information content (AvgIpc) is 1.53. The van der Waals surface area contributed by atoms with Crippen LogP contribution in [0.4, 0.5) is 0 Å². The summed E-state index contributed by atoms with van der Waals surface area (Å²) >= 11 is 19.3. The zero-order valence-corrected chi connectivity index (χ0v) is 10.9. The standard InChI is InChI=1S/CH2Cl3O3PS.CH2Cl2/c2-8(3,5)1-9(4,6)7;2-1-3/h1H2;1H2. The van der Waals surface area contributed by atoms with E-state index in [0.29, 0.717) is 0 Å². The Balaban J connectivity index is 0. The minimum Gasteiger partial charge on any atom is -0.288 e. The number of hydrogen-bond acceptors (Lipinski definition) is 3.